The number of hydrogen-bond acceptors (Lipinski definition) is 2. The van der Waals surface area contributed by atoms with Crippen molar-refractivity contribution in [2.24, 2.45) is 0 Å². The largest absolute Gasteiger partial charge is 0.496 e. The van der Waals surface area contributed by atoms with Gasteiger partial charge in [-0.2, -0.15) is 0 Å². The van der Waals surface area contributed by atoms with E-state index in [-0.39, 0.29) is 5.91 Å². The van der Waals surface area contributed by atoms with Crippen LogP contribution in [0.15, 0.2) is 53.0 Å². The zero-order chi connectivity index (χ0) is 16.5. The van der Waals surface area contributed by atoms with Crippen LogP contribution >= 0.6 is 15.9 Å². The highest BCUT2D eigenvalue weighted by Crippen LogP contribution is 2.25. The van der Waals surface area contributed by atoms with E-state index >= 15 is 0 Å². The summed E-state index contributed by atoms with van der Waals surface area (Å²) in [7, 11) is 1.63. The number of amides is 1. The second-order valence-corrected chi connectivity index (χ2v) is 5.77. The van der Waals surface area contributed by atoms with Crippen molar-refractivity contribution in [2.75, 3.05) is 13.7 Å². The van der Waals surface area contributed by atoms with Crippen molar-refractivity contribution in [3.8, 4) is 17.6 Å². The minimum Gasteiger partial charge on any atom is -0.496 e. The van der Waals surface area contributed by atoms with Crippen LogP contribution in [0.2, 0.25) is 0 Å². The quantitative estimate of drug-likeness (QED) is 0.816. The number of ether oxygens (including phenoxy) is 1. The van der Waals surface area contributed by atoms with Gasteiger partial charge in [0.25, 0.3) is 0 Å². The van der Waals surface area contributed by atoms with Gasteiger partial charge in [0, 0.05) is 12.0 Å². The summed E-state index contributed by atoms with van der Waals surface area (Å²) in [6.45, 7) is 0.361. The summed E-state index contributed by atoms with van der Waals surface area (Å²) >= 11 is 3.44. The maximum Gasteiger partial charge on any atom is 0.221 e. The van der Waals surface area contributed by atoms with Gasteiger partial charge in [-0.25, -0.2) is 0 Å². The van der Waals surface area contributed by atoms with Gasteiger partial charge in [0.2, 0.25) is 5.91 Å². The molecule has 0 aliphatic rings. The summed E-state index contributed by atoms with van der Waals surface area (Å²) in [5.41, 5.74) is 2.04. The van der Waals surface area contributed by atoms with E-state index in [1.165, 1.54) is 0 Å². The zero-order valence-electron chi connectivity index (χ0n) is 12.9. The zero-order valence-corrected chi connectivity index (χ0v) is 14.5. The van der Waals surface area contributed by atoms with E-state index in [4.69, 9.17) is 4.74 Å². The molecular formula is C19H18BrNO2. The molecule has 0 atom stereocenters. The van der Waals surface area contributed by atoms with Gasteiger partial charge in [-0.05, 0) is 52.2 Å². The SMILES string of the molecule is COc1ccc(CCC(=O)NCC#Cc2ccccc2)cc1Br. The Bertz CT molecular complexity index is 717. The lowest BCUT2D eigenvalue weighted by Gasteiger charge is -2.06. The predicted molar refractivity (Wildman–Crippen MR) is 95.3 cm³/mol. The van der Waals surface area contributed by atoms with E-state index in [2.05, 4.69) is 33.1 Å². The monoisotopic (exact) mass is 371 g/mol. The molecule has 2 aromatic rings. The van der Waals surface area contributed by atoms with Crippen molar-refractivity contribution in [1.82, 2.24) is 5.32 Å². The van der Waals surface area contributed by atoms with Crippen molar-refractivity contribution in [3.05, 3.63) is 64.1 Å². The summed E-state index contributed by atoms with van der Waals surface area (Å²) in [6, 6.07) is 15.5. The number of nitrogens with one attached hydrogen (secondary N) is 1. The van der Waals surface area contributed by atoms with Gasteiger partial charge in [0.15, 0.2) is 0 Å². The first kappa shape index (κ1) is 17.1. The number of halogens is 1. The molecule has 1 amide bonds. The molecule has 23 heavy (non-hydrogen) atoms. The second kappa shape index (κ2) is 9.02. The van der Waals surface area contributed by atoms with Crippen molar-refractivity contribution >= 4 is 21.8 Å². The third-order valence-electron chi connectivity index (χ3n) is 3.24. The van der Waals surface area contributed by atoms with Gasteiger partial charge in [-0.1, -0.05) is 36.1 Å². The molecule has 118 valence electrons. The summed E-state index contributed by atoms with van der Waals surface area (Å²) in [4.78, 5) is 11.8. The molecule has 0 saturated carbocycles. The summed E-state index contributed by atoms with van der Waals surface area (Å²) in [5, 5.41) is 2.81. The number of methoxy groups -OCH3 is 1. The van der Waals surface area contributed by atoms with Gasteiger partial charge >= 0.3 is 0 Å². The van der Waals surface area contributed by atoms with Crippen LogP contribution < -0.4 is 10.1 Å². The molecule has 0 aliphatic heterocycles. The molecule has 0 aromatic heterocycles. The first-order valence-corrected chi connectivity index (χ1v) is 8.11. The summed E-state index contributed by atoms with van der Waals surface area (Å²) in [6.07, 6.45) is 1.12. The molecule has 0 fully saturated rings. The normalized spacial score (nSPS) is 9.65. The Morgan fingerprint density at radius 2 is 2.00 bits per heavy atom. The molecular weight excluding hydrogens is 354 g/mol. The fourth-order valence-corrected chi connectivity index (χ4v) is 2.61. The fourth-order valence-electron chi connectivity index (χ4n) is 2.02. The van der Waals surface area contributed by atoms with Crippen molar-refractivity contribution in [1.29, 1.82) is 0 Å². The molecule has 1 N–H and O–H groups in total. The summed E-state index contributed by atoms with van der Waals surface area (Å²) < 4.78 is 6.08. The standard InChI is InChI=1S/C19H18BrNO2/c1-23-18-11-9-16(14-17(18)20)10-12-19(22)21-13-5-8-15-6-3-2-4-7-15/h2-4,6-7,9,11,14H,10,12-13H2,1H3,(H,21,22). The highest BCUT2D eigenvalue weighted by Gasteiger charge is 2.04. The van der Waals surface area contributed by atoms with E-state index in [0.717, 1.165) is 21.3 Å². The molecule has 0 saturated heterocycles. The van der Waals surface area contributed by atoms with E-state index in [0.29, 0.717) is 19.4 Å². The Hall–Kier alpha value is -2.25. The first-order valence-electron chi connectivity index (χ1n) is 7.32. The smallest absolute Gasteiger partial charge is 0.221 e. The Kier molecular flexibility index (Phi) is 6.71. The van der Waals surface area contributed by atoms with E-state index < -0.39 is 0 Å². The van der Waals surface area contributed by atoms with Gasteiger partial charge in [-0.15, -0.1) is 0 Å². The maximum atomic E-state index is 11.8. The van der Waals surface area contributed by atoms with Crippen LogP contribution in [-0.2, 0) is 11.2 Å². The Morgan fingerprint density at radius 1 is 1.22 bits per heavy atom. The maximum absolute atomic E-state index is 11.8. The lowest BCUT2D eigenvalue weighted by atomic mass is 10.1. The van der Waals surface area contributed by atoms with Crippen LogP contribution in [-0.4, -0.2) is 19.6 Å². The van der Waals surface area contributed by atoms with Crippen LogP contribution in [0, 0.1) is 11.8 Å². The number of benzene rings is 2. The number of hydrogen-bond donors (Lipinski definition) is 1. The number of aryl methyl sites for hydroxylation is 1. The van der Waals surface area contributed by atoms with Crippen LogP contribution in [0.25, 0.3) is 0 Å². The van der Waals surface area contributed by atoms with Crippen LogP contribution in [0.4, 0.5) is 0 Å². The first-order chi connectivity index (χ1) is 11.2. The third kappa shape index (κ3) is 5.80. The minimum atomic E-state index is -0.000646. The van der Waals surface area contributed by atoms with Crippen LogP contribution in [0.5, 0.6) is 5.75 Å². The Labute approximate surface area is 145 Å². The Balaban J connectivity index is 1.75. The van der Waals surface area contributed by atoms with Crippen LogP contribution in [0.3, 0.4) is 0 Å². The molecule has 0 bridgehead atoms. The molecule has 0 radical (unpaired) electrons. The summed E-state index contributed by atoms with van der Waals surface area (Å²) in [5.74, 6) is 6.74. The average molecular weight is 372 g/mol. The molecule has 0 unspecified atom stereocenters. The van der Waals surface area contributed by atoms with Gasteiger partial charge in [0.1, 0.15) is 5.75 Å². The molecule has 2 aromatic carbocycles. The fraction of sp³-hybridized carbons (Fsp3) is 0.211. The topological polar surface area (TPSA) is 38.3 Å². The number of carbonyl (C=O) groups excluding carboxylic acids is 1. The third-order valence-corrected chi connectivity index (χ3v) is 3.86. The van der Waals surface area contributed by atoms with E-state index in [1.807, 2.05) is 48.5 Å². The van der Waals surface area contributed by atoms with Gasteiger partial charge in [-0.3, -0.25) is 4.79 Å². The highest BCUT2D eigenvalue weighted by molar-refractivity contribution is 9.10. The second-order valence-electron chi connectivity index (χ2n) is 4.91. The molecule has 4 heteroatoms. The van der Waals surface area contributed by atoms with Crippen molar-refractivity contribution in [3.63, 3.8) is 0 Å². The van der Waals surface area contributed by atoms with Crippen molar-refractivity contribution in [2.45, 2.75) is 12.8 Å². The molecule has 2 rings (SSSR count). The highest BCUT2D eigenvalue weighted by atomic mass is 79.9. The average Bonchev–Trinajstić information content (AvgIpc) is 2.58. The molecule has 0 aliphatic carbocycles. The number of rotatable bonds is 5. The molecule has 0 spiro atoms. The van der Waals surface area contributed by atoms with Gasteiger partial charge < -0.3 is 10.1 Å². The Morgan fingerprint density at radius 3 is 2.70 bits per heavy atom. The lowest BCUT2D eigenvalue weighted by molar-refractivity contribution is -0.120. The van der Waals surface area contributed by atoms with E-state index in [1.54, 1.807) is 7.11 Å². The molecule has 0 heterocycles. The predicted octanol–water partition coefficient (Wildman–Crippen LogP) is 3.56. The lowest BCUT2D eigenvalue weighted by Crippen LogP contribution is -2.23. The minimum absolute atomic E-state index is 0.000646. The molecule has 3 nitrogen and oxygen atoms in total. The number of carbonyl (C=O) groups is 1. The van der Waals surface area contributed by atoms with E-state index in [9.17, 15) is 4.79 Å². The van der Waals surface area contributed by atoms with Crippen LogP contribution in [0.1, 0.15) is 17.5 Å². The van der Waals surface area contributed by atoms with Gasteiger partial charge in [0.05, 0.1) is 18.1 Å². The van der Waals surface area contributed by atoms with Crippen molar-refractivity contribution < 1.29 is 9.53 Å².